The van der Waals surface area contributed by atoms with Crippen LogP contribution in [-0.2, 0) is 17.8 Å². The number of benzene rings is 1. The second-order valence-electron chi connectivity index (χ2n) is 5.63. The number of aromatic nitrogens is 1. The average Bonchev–Trinajstić information content (AvgIpc) is 3.01. The van der Waals surface area contributed by atoms with Crippen molar-refractivity contribution < 1.29 is 4.79 Å². The summed E-state index contributed by atoms with van der Waals surface area (Å²) in [5.41, 5.74) is 7.03. The number of nitrogens with one attached hydrogen (secondary N) is 3. The van der Waals surface area contributed by atoms with E-state index in [1.165, 1.54) is 11.3 Å². The van der Waals surface area contributed by atoms with E-state index in [4.69, 9.17) is 0 Å². The van der Waals surface area contributed by atoms with Gasteiger partial charge in [0.1, 0.15) is 0 Å². The molecule has 0 bridgehead atoms. The van der Waals surface area contributed by atoms with Gasteiger partial charge in [-0.1, -0.05) is 6.07 Å². The van der Waals surface area contributed by atoms with Gasteiger partial charge in [0.2, 0.25) is 5.91 Å². The summed E-state index contributed by atoms with van der Waals surface area (Å²) in [4.78, 5) is 15.2. The zero-order valence-electron chi connectivity index (χ0n) is 11.4. The summed E-state index contributed by atoms with van der Waals surface area (Å²) in [5.74, 6) is 0.0309. The Hall–Kier alpha value is -2.07. The Labute approximate surface area is 117 Å². The molecule has 4 nitrogen and oxygen atoms in total. The van der Waals surface area contributed by atoms with Crippen LogP contribution in [0.5, 0.6) is 0 Å². The van der Waals surface area contributed by atoms with Crippen LogP contribution in [0.2, 0.25) is 0 Å². The van der Waals surface area contributed by atoms with Gasteiger partial charge in [-0.15, -0.1) is 0 Å². The van der Waals surface area contributed by atoms with Crippen LogP contribution in [0.3, 0.4) is 0 Å². The molecule has 1 aromatic carbocycles. The molecule has 0 saturated carbocycles. The van der Waals surface area contributed by atoms with Crippen LogP contribution in [0.4, 0.5) is 5.69 Å². The van der Waals surface area contributed by atoms with Crippen molar-refractivity contribution in [2.45, 2.75) is 25.8 Å². The molecule has 0 radical (unpaired) electrons. The number of hydrogen-bond donors (Lipinski definition) is 3. The van der Waals surface area contributed by atoms with Crippen LogP contribution >= 0.6 is 0 Å². The van der Waals surface area contributed by atoms with Gasteiger partial charge in [0.05, 0.1) is 5.92 Å². The maximum absolute atomic E-state index is 11.7. The SMILES string of the molecule is CC1C(=O)Nc2ccc(-c3cc4c([nH]3)CCNC4)cc21. The zero-order chi connectivity index (χ0) is 13.7. The van der Waals surface area contributed by atoms with Crippen LogP contribution in [0.15, 0.2) is 24.3 Å². The lowest BCUT2D eigenvalue weighted by Gasteiger charge is -2.11. The molecule has 0 aliphatic carbocycles. The van der Waals surface area contributed by atoms with Crippen molar-refractivity contribution in [3.8, 4) is 11.3 Å². The maximum Gasteiger partial charge on any atom is 0.231 e. The lowest BCUT2D eigenvalue weighted by molar-refractivity contribution is -0.116. The maximum atomic E-state index is 11.7. The van der Waals surface area contributed by atoms with Crippen molar-refractivity contribution in [1.29, 1.82) is 0 Å². The highest BCUT2D eigenvalue weighted by Gasteiger charge is 2.26. The minimum absolute atomic E-state index is 0.0591. The summed E-state index contributed by atoms with van der Waals surface area (Å²) in [6.07, 6.45) is 1.05. The topological polar surface area (TPSA) is 56.9 Å². The summed E-state index contributed by atoms with van der Waals surface area (Å²) >= 11 is 0. The van der Waals surface area contributed by atoms with Gasteiger partial charge in [-0.05, 0) is 41.8 Å². The largest absolute Gasteiger partial charge is 0.358 e. The molecule has 2 aliphatic rings. The number of hydrogen-bond acceptors (Lipinski definition) is 2. The quantitative estimate of drug-likeness (QED) is 0.743. The molecule has 1 aromatic heterocycles. The molecule has 3 heterocycles. The lowest BCUT2D eigenvalue weighted by atomic mass is 9.99. The molecule has 20 heavy (non-hydrogen) atoms. The molecule has 1 atom stereocenters. The van der Waals surface area contributed by atoms with E-state index >= 15 is 0 Å². The predicted molar refractivity (Wildman–Crippen MR) is 78.7 cm³/mol. The van der Waals surface area contributed by atoms with Crippen LogP contribution in [0.1, 0.15) is 29.7 Å². The first-order chi connectivity index (χ1) is 9.72. The van der Waals surface area contributed by atoms with E-state index in [0.29, 0.717) is 0 Å². The Balaban J connectivity index is 1.76. The molecule has 4 heteroatoms. The number of carbonyl (C=O) groups is 1. The molecule has 2 aliphatic heterocycles. The van der Waals surface area contributed by atoms with Gasteiger partial charge in [0, 0.05) is 36.6 Å². The fourth-order valence-electron chi connectivity index (χ4n) is 3.10. The summed E-state index contributed by atoms with van der Waals surface area (Å²) in [6.45, 7) is 3.93. The fraction of sp³-hybridized carbons (Fsp3) is 0.312. The van der Waals surface area contributed by atoms with Gasteiger partial charge in [-0.25, -0.2) is 0 Å². The number of rotatable bonds is 1. The van der Waals surface area contributed by atoms with Gasteiger partial charge in [0.25, 0.3) is 0 Å². The standard InChI is InChI=1S/C16H17N3O/c1-9-12-6-10(2-3-14(12)19-16(9)20)15-7-11-8-17-5-4-13(11)18-15/h2-3,6-7,9,17-18H,4-5,8H2,1H3,(H,19,20). The third-order valence-corrected chi connectivity index (χ3v) is 4.34. The van der Waals surface area contributed by atoms with Crippen molar-refractivity contribution in [3.05, 3.63) is 41.1 Å². The Bertz CT molecular complexity index is 678. The van der Waals surface area contributed by atoms with Gasteiger partial charge in [0.15, 0.2) is 0 Å². The zero-order valence-corrected chi connectivity index (χ0v) is 11.4. The molecule has 1 amide bonds. The van der Waals surface area contributed by atoms with Gasteiger partial charge >= 0.3 is 0 Å². The minimum Gasteiger partial charge on any atom is -0.358 e. The summed E-state index contributed by atoms with van der Waals surface area (Å²) in [6, 6.07) is 8.42. The van der Waals surface area contributed by atoms with Crippen molar-refractivity contribution >= 4 is 11.6 Å². The Morgan fingerprint density at radius 3 is 3.00 bits per heavy atom. The fourth-order valence-corrected chi connectivity index (χ4v) is 3.10. The molecular formula is C16H17N3O. The number of aromatic amines is 1. The van der Waals surface area contributed by atoms with Crippen molar-refractivity contribution in [1.82, 2.24) is 10.3 Å². The molecule has 0 saturated heterocycles. The van der Waals surface area contributed by atoms with Crippen LogP contribution in [0, 0.1) is 0 Å². The van der Waals surface area contributed by atoms with Crippen LogP contribution in [-0.4, -0.2) is 17.4 Å². The highest BCUT2D eigenvalue weighted by Crippen LogP contribution is 2.35. The first-order valence-corrected chi connectivity index (χ1v) is 7.09. The monoisotopic (exact) mass is 267 g/mol. The minimum atomic E-state index is -0.0591. The first-order valence-electron chi connectivity index (χ1n) is 7.09. The van der Waals surface area contributed by atoms with Crippen molar-refractivity contribution in [2.75, 3.05) is 11.9 Å². The normalized spacial score (nSPS) is 20.4. The molecule has 3 N–H and O–H groups in total. The molecule has 102 valence electrons. The van der Waals surface area contributed by atoms with Gasteiger partial charge < -0.3 is 15.6 Å². The van der Waals surface area contributed by atoms with E-state index in [1.807, 2.05) is 13.0 Å². The second kappa shape index (κ2) is 4.21. The molecule has 0 fully saturated rings. The summed E-state index contributed by atoms with van der Waals surface area (Å²) in [7, 11) is 0. The lowest BCUT2D eigenvalue weighted by Crippen LogP contribution is -2.22. The Morgan fingerprint density at radius 2 is 2.15 bits per heavy atom. The highest BCUT2D eigenvalue weighted by molar-refractivity contribution is 6.03. The second-order valence-corrected chi connectivity index (χ2v) is 5.63. The molecule has 4 rings (SSSR count). The third kappa shape index (κ3) is 1.68. The molecule has 0 spiro atoms. The average molecular weight is 267 g/mol. The third-order valence-electron chi connectivity index (χ3n) is 4.34. The van der Waals surface area contributed by atoms with Crippen molar-refractivity contribution in [3.63, 3.8) is 0 Å². The highest BCUT2D eigenvalue weighted by atomic mass is 16.2. The molecule has 1 unspecified atom stereocenters. The number of carbonyl (C=O) groups excluding carboxylic acids is 1. The predicted octanol–water partition coefficient (Wildman–Crippen LogP) is 2.38. The molecular weight excluding hydrogens is 250 g/mol. The van der Waals surface area contributed by atoms with E-state index in [0.717, 1.165) is 42.0 Å². The van der Waals surface area contributed by atoms with Gasteiger partial charge in [-0.3, -0.25) is 4.79 Å². The Kier molecular flexibility index (Phi) is 2.47. The molecule has 2 aromatic rings. The van der Waals surface area contributed by atoms with E-state index in [-0.39, 0.29) is 11.8 Å². The van der Waals surface area contributed by atoms with Crippen molar-refractivity contribution in [2.24, 2.45) is 0 Å². The smallest absolute Gasteiger partial charge is 0.231 e. The number of anilines is 1. The Morgan fingerprint density at radius 1 is 1.25 bits per heavy atom. The van der Waals surface area contributed by atoms with E-state index < -0.39 is 0 Å². The van der Waals surface area contributed by atoms with Crippen LogP contribution in [0.25, 0.3) is 11.3 Å². The van der Waals surface area contributed by atoms with E-state index in [9.17, 15) is 4.79 Å². The number of amides is 1. The number of fused-ring (bicyclic) bond motifs is 2. The van der Waals surface area contributed by atoms with Gasteiger partial charge in [-0.2, -0.15) is 0 Å². The number of H-pyrrole nitrogens is 1. The van der Waals surface area contributed by atoms with E-state index in [2.05, 4.69) is 33.8 Å². The summed E-state index contributed by atoms with van der Waals surface area (Å²) in [5, 5.41) is 6.30. The van der Waals surface area contributed by atoms with Crippen LogP contribution < -0.4 is 10.6 Å². The van der Waals surface area contributed by atoms with E-state index in [1.54, 1.807) is 0 Å². The first kappa shape index (κ1) is 11.7. The summed E-state index contributed by atoms with van der Waals surface area (Å²) < 4.78 is 0.